The van der Waals surface area contributed by atoms with Crippen LogP contribution in [0.4, 0.5) is 15.3 Å². The van der Waals surface area contributed by atoms with Gasteiger partial charge < -0.3 is 19.5 Å². The molecule has 1 rings (SSSR count). The highest BCUT2D eigenvalue weighted by Gasteiger charge is 2.22. The van der Waals surface area contributed by atoms with E-state index >= 15 is 0 Å². The third-order valence-electron chi connectivity index (χ3n) is 3.81. The zero-order valence-electron chi connectivity index (χ0n) is 20.0. The quantitative estimate of drug-likeness (QED) is 0.195. The molecule has 1 aromatic rings. The molecule has 35 heavy (non-hydrogen) atoms. The molecule has 0 saturated carbocycles. The Balaban J connectivity index is 2.36. The predicted molar refractivity (Wildman–Crippen MR) is 121 cm³/mol. The number of nitrogens with one attached hydrogen (secondary N) is 1. The van der Waals surface area contributed by atoms with Crippen molar-refractivity contribution in [3.8, 4) is 5.75 Å². The maximum absolute atomic E-state index is 12.2. The summed E-state index contributed by atoms with van der Waals surface area (Å²) in [5.74, 6) is -1.65. The van der Waals surface area contributed by atoms with Crippen LogP contribution in [-0.2, 0) is 28.9 Å². The zero-order chi connectivity index (χ0) is 26.8. The van der Waals surface area contributed by atoms with Crippen molar-refractivity contribution < 1.29 is 46.8 Å². The van der Waals surface area contributed by atoms with Gasteiger partial charge in [-0.15, -0.1) is 0 Å². The molecule has 0 aliphatic rings. The minimum Gasteiger partial charge on any atom is -0.442 e. The number of rotatable bonds is 11. The molecule has 0 aliphatic carbocycles. The number of benzene rings is 1. The summed E-state index contributed by atoms with van der Waals surface area (Å²) in [6, 6.07) is 4.65. The van der Waals surface area contributed by atoms with Crippen molar-refractivity contribution in [2.24, 2.45) is 0 Å². The molecule has 1 aromatic carbocycles. The highest BCUT2D eigenvalue weighted by Crippen LogP contribution is 2.18. The van der Waals surface area contributed by atoms with E-state index in [9.17, 15) is 32.9 Å². The van der Waals surface area contributed by atoms with Gasteiger partial charge in [0.1, 0.15) is 17.5 Å². The number of ether oxygens (including phenoxy) is 3. The summed E-state index contributed by atoms with van der Waals surface area (Å²) >= 11 is 0. The van der Waals surface area contributed by atoms with Crippen molar-refractivity contribution in [1.29, 1.82) is 0 Å². The Bertz CT molecular complexity index is 1000. The van der Waals surface area contributed by atoms with Crippen molar-refractivity contribution in [1.82, 2.24) is 10.4 Å². The zero-order valence-corrected chi connectivity index (χ0v) is 20.8. The summed E-state index contributed by atoms with van der Waals surface area (Å²) in [5, 5.41) is 13.7. The molecule has 0 radical (unpaired) electrons. The lowest BCUT2D eigenvalue weighted by Crippen LogP contribution is -2.38. The lowest BCUT2D eigenvalue weighted by molar-refractivity contribution is -0.384. The van der Waals surface area contributed by atoms with E-state index in [1.165, 1.54) is 26.1 Å². The molecule has 15 heteroatoms. The van der Waals surface area contributed by atoms with Crippen LogP contribution in [-0.4, -0.2) is 80.0 Å². The Morgan fingerprint density at radius 3 is 2.31 bits per heavy atom. The number of hydrogen-bond donors (Lipinski definition) is 1. The van der Waals surface area contributed by atoms with Crippen LogP contribution in [0.2, 0.25) is 0 Å². The molecule has 1 unspecified atom stereocenters. The fraction of sp³-hybridized carbons (Fsp3) is 0.550. The molecule has 0 bridgehead atoms. The molecule has 0 aromatic heterocycles. The number of hydrogen-bond acceptors (Lipinski definition) is 11. The van der Waals surface area contributed by atoms with Crippen LogP contribution in [0.1, 0.15) is 27.7 Å². The first-order valence-electron chi connectivity index (χ1n) is 10.3. The molecule has 0 fully saturated rings. The summed E-state index contributed by atoms with van der Waals surface area (Å²) < 4.78 is 39.2. The van der Waals surface area contributed by atoms with Gasteiger partial charge in [0.25, 0.3) is 5.69 Å². The third-order valence-corrected chi connectivity index (χ3v) is 5.61. The second-order valence-corrected chi connectivity index (χ2v) is 10.5. The maximum Gasteiger partial charge on any atom is 0.514 e. The van der Waals surface area contributed by atoms with E-state index in [2.05, 4.69) is 5.32 Å². The second-order valence-electron chi connectivity index (χ2n) is 8.25. The highest BCUT2D eigenvalue weighted by molar-refractivity contribution is 7.91. The molecule has 0 spiro atoms. The summed E-state index contributed by atoms with van der Waals surface area (Å²) in [7, 11) is -2.46. The van der Waals surface area contributed by atoms with Crippen LogP contribution >= 0.6 is 0 Å². The van der Waals surface area contributed by atoms with Crippen molar-refractivity contribution >= 4 is 33.7 Å². The number of nitro groups is 1. The van der Waals surface area contributed by atoms with Crippen LogP contribution in [0.3, 0.4) is 0 Å². The Hall–Kier alpha value is -3.46. The number of nitro benzene ring substituents is 1. The van der Waals surface area contributed by atoms with E-state index in [1.54, 1.807) is 20.8 Å². The first kappa shape index (κ1) is 29.6. The molecule has 0 saturated heterocycles. The van der Waals surface area contributed by atoms with Gasteiger partial charge in [-0.05, 0) is 39.8 Å². The number of hydroxylamine groups is 2. The Morgan fingerprint density at radius 1 is 1.17 bits per heavy atom. The molecule has 2 amide bonds. The Labute approximate surface area is 202 Å². The average molecular weight is 520 g/mol. The fourth-order valence-corrected chi connectivity index (χ4v) is 3.69. The molecule has 0 aliphatic heterocycles. The summed E-state index contributed by atoms with van der Waals surface area (Å²) in [6.45, 7) is 5.57. The van der Waals surface area contributed by atoms with Crippen molar-refractivity contribution in [3.63, 3.8) is 0 Å². The van der Waals surface area contributed by atoms with Crippen molar-refractivity contribution in [2.75, 3.05) is 31.7 Å². The van der Waals surface area contributed by atoms with Crippen LogP contribution in [0.15, 0.2) is 24.3 Å². The van der Waals surface area contributed by atoms with Gasteiger partial charge in [-0.1, -0.05) is 0 Å². The molecule has 14 nitrogen and oxygen atoms in total. The van der Waals surface area contributed by atoms with Gasteiger partial charge in [-0.3, -0.25) is 19.7 Å². The van der Waals surface area contributed by atoms with Crippen molar-refractivity contribution in [2.45, 2.75) is 39.4 Å². The lowest BCUT2D eigenvalue weighted by atomic mass is 10.2. The molecule has 1 N–H and O–H groups in total. The molecular formula is C20H29N3O11S. The maximum atomic E-state index is 12.2. The van der Waals surface area contributed by atoms with Crippen LogP contribution < -0.4 is 10.1 Å². The van der Waals surface area contributed by atoms with E-state index < -0.39 is 62.7 Å². The van der Waals surface area contributed by atoms with E-state index in [4.69, 9.17) is 19.0 Å². The largest absolute Gasteiger partial charge is 0.514 e. The van der Waals surface area contributed by atoms with Gasteiger partial charge in [0, 0.05) is 25.7 Å². The Kier molecular flexibility index (Phi) is 10.9. The molecule has 0 heterocycles. The highest BCUT2D eigenvalue weighted by atomic mass is 32.2. The van der Waals surface area contributed by atoms with Gasteiger partial charge in [-0.25, -0.2) is 18.0 Å². The normalized spacial score (nSPS) is 12.3. The van der Waals surface area contributed by atoms with Gasteiger partial charge in [0.2, 0.25) is 5.91 Å². The average Bonchev–Trinajstić information content (AvgIpc) is 2.70. The monoisotopic (exact) mass is 519 g/mol. The smallest absolute Gasteiger partial charge is 0.442 e. The summed E-state index contributed by atoms with van der Waals surface area (Å²) in [5.41, 5.74) is -0.938. The SMILES string of the molecule is CC(CS(=O)(=O)CCNC(=O)CON(C)C(=O)OC(C)(C)C)OC(=O)Oc1ccc([N+](=O)[O-])cc1. The van der Waals surface area contributed by atoms with E-state index in [0.29, 0.717) is 0 Å². The second kappa shape index (κ2) is 12.9. The van der Waals surface area contributed by atoms with Crippen LogP contribution in [0, 0.1) is 10.1 Å². The van der Waals surface area contributed by atoms with E-state index in [0.717, 1.165) is 17.2 Å². The molecule has 1 atom stereocenters. The lowest BCUT2D eigenvalue weighted by Gasteiger charge is -2.23. The fourth-order valence-electron chi connectivity index (χ4n) is 2.33. The third kappa shape index (κ3) is 12.5. The first-order valence-corrected chi connectivity index (χ1v) is 12.1. The minimum absolute atomic E-state index is 0.0158. The number of amides is 2. The van der Waals surface area contributed by atoms with E-state index in [-0.39, 0.29) is 18.0 Å². The van der Waals surface area contributed by atoms with Gasteiger partial charge in [0.05, 0.1) is 16.4 Å². The number of sulfone groups is 1. The summed E-state index contributed by atoms with van der Waals surface area (Å²) in [4.78, 5) is 50.3. The number of nitrogens with zero attached hydrogens (tertiary/aromatic N) is 2. The van der Waals surface area contributed by atoms with E-state index in [1.807, 2.05) is 0 Å². The number of non-ortho nitro benzene ring substituents is 1. The van der Waals surface area contributed by atoms with Crippen LogP contribution in [0.5, 0.6) is 5.75 Å². The predicted octanol–water partition coefficient (Wildman–Crippen LogP) is 1.83. The number of carbonyl (C=O) groups excluding carboxylic acids is 3. The molecule has 196 valence electrons. The standard InChI is InChI=1S/C20H29N3O11S/c1-14(32-19(26)33-16-8-6-15(7-9-16)23(27)28)13-35(29,30)11-10-21-17(24)12-31-22(5)18(25)34-20(2,3)4/h6-9,14H,10-13H2,1-5H3,(H,21,24). The van der Waals surface area contributed by atoms with Gasteiger partial charge in [0.15, 0.2) is 16.4 Å². The minimum atomic E-state index is -3.72. The van der Waals surface area contributed by atoms with Gasteiger partial charge >= 0.3 is 12.2 Å². The molecular weight excluding hydrogens is 490 g/mol. The number of carbonyl (C=O) groups is 3. The summed E-state index contributed by atoms with van der Waals surface area (Å²) in [6.07, 6.45) is -3.04. The van der Waals surface area contributed by atoms with Crippen LogP contribution in [0.25, 0.3) is 0 Å². The first-order chi connectivity index (χ1) is 16.1. The topological polar surface area (TPSA) is 181 Å². The van der Waals surface area contributed by atoms with Crippen molar-refractivity contribution in [3.05, 3.63) is 34.4 Å². The van der Waals surface area contributed by atoms with Gasteiger partial charge in [-0.2, -0.15) is 5.06 Å². The Morgan fingerprint density at radius 2 is 1.77 bits per heavy atom.